The highest BCUT2D eigenvalue weighted by Crippen LogP contribution is 2.17. The van der Waals surface area contributed by atoms with Gasteiger partial charge in [0.15, 0.2) is 0 Å². The molecule has 4 heteroatoms. The number of nitrogens with one attached hydrogen (secondary N) is 1. The minimum atomic E-state index is -0.375. The van der Waals surface area contributed by atoms with Crippen molar-refractivity contribution in [1.29, 1.82) is 0 Å². The van der Waals surface area contributed by atoms with Crippen molar-refractivity contribution in [2.24, 2.45) is 0 Å². The number of amides is 1. The first-order valence-electron chi connectivity index (χ1n) is 4.28. The fourth-order valence-corrected chi connectivity index (χ4v) is 1.36. The van der Waals surface area contributed by atoms with E-state index in [1.165, 1.54) is 13.0 Å². The van der Waals surface area contributed by atoms with Crippen LogP contribution in [0.15, 0.2) is 22.7 Å². The monoisotopic (exact) mass is 269 g/mol. The highest BCUT2D eigenvalue weighted by molar-refractivity contribution is 9.10. The Morgan fingerprint density at radius 3 is 2.93 bits per heavy atom. The van der Waals surface area contributed by atoms with E-state index in [0.717, 1.165) is 0 Å². The zero-order chi connectivity index (χ0) is 11.3. The zero-order valence-corrected chi connectivity index (χ0v) is 9.69. The maximum atomic E-state index is 13.2. The minimum Gasteiger partial charge on any atom is -0.345 e. The molecule has 78 valence electrons. The highest BCUT2D eigenvalue weighted by atomic mass is 79.9. The van der Waals surface area contributed by atoms with Crippen molar-refractivity contribution < 1.29 is 9.18 Å². The maximum absolute atomic E-state index is 13.2. The molecular formula is C11H9BrFNO. The molecule has 0 atom stereocenters. The summed E-state index contributed by atoms with van der Waals surface area (Å²) in [5.41, 5.74) is 0.308. The Balaban J connectivity index is 2.75. The van der Waals surface area contributed by atoms with Crippen molar-refractivity contribution in [1.82, 2.24) is 5.32 Å². The van der Waals surface area contributed by atoms with Crippen LogP contribution < -0.4 is 5.32 Å². The average Bonchev–Trinajstić information content (AvgIpc) is 2.15. The summed E-state index contributed by atoms with van der Waals surface area (Å²) in [7, 11) is 0. The van der Waals surface area contributed by atoms with Gasteiger partial charge in [-0.15, -0.1) is 0 Å². The van der Waals surface area contributed by atoms with Crippen LogP contribution in [0.1, 0.15) is 12.5 Å². The van der Waals surface area contributed by atoms with E-state index in [9.17, 15) is 9.18 Å². The van der Waals surface area contributed by atoms with Crippen molar-refractivity contribution in [2.75, 3.05) is 6.54 Å². The van der Waals surface area contributed by atoms with Crippen LogP contribution in [-0.2, 0) is 4.79 Å². The SMILES string of the molecule is CC(=O)NCC#Cc1c(F)cccc1Br. The molecule has 1 rings (SSSR count). The lowest BCUT2D eigenvalue weighted by atomic mass is 10.2. The fraction of sp³-hybridized carbons (Fsp3) is 0.182. The molecule has 0 spiro atoms. The molecule has 0 aliphatic rings. The normalized spacial score (nSPS) is 9.00. The summed E-state index contributed by atoms with van der Waals surface area (Å²) in [6, 6.07) is 4.65. The van der Waals surface area contributed by atoms with E-state index in [4.69, 9.17) is 0 Å². The van der Waals surface area contributed by atoms with Gasteiger partial charge in [0.1, 0.15) is 5.82 Å². The van der Waals surface area contributed by atoms with Gasteiger partial charge in [0, 0.05) is 11.4 Å². The Bertz CT molecular complexity index is 414. The lowest BCUT2D eigenvalue weighted by Crippen LogP contribution is -2.19. The second-order valence-electron chi connectivity index (χ2n) is 2.81. The number of rotatable bonds is 1. The van der Waals surface area contributed by atoms with E-state index in [1.807, 2.05) is 0 Å². The Morgan fingerprint density at radius 2 is 2.33 bits per heavy atom. The van der Waals surface area contributed by atoms with Gasteiger partial charge in [0.2, 0.25) is 5.91 Å². The number of carbonyl (C=O) groups is 1. The van der Waals surface area contributed by atoms with Crippen molar-refractivity contribution in [2.45, 2.75) is 6.92 Å². The number of hydrogen-bond acceptors (Lipinski definition) is 1. The van der Waals surface area contributed by atoms with Crippen LogP contribution in [0.5, 0.6) is 0 Å². The van der Waals surface area contributed by atoms with E-state index in [2.05, 4.69) is 33.1 Å². The fourth-order valence-electron chi connectivity index (χ4n) is 0.918. The van der Waals surface area contributed by atoms with E-state index < -0.39 is 0 Å². The Hall–Kier alpha value is -1.34. The molecule has 0 aliphatic heterocycles. The van der Waals surface area contributed by atoms with Crippen LogP contribution >= 0.6 is 15.9 Å². The molecule has 0 bridgehead atoms. The lowest BCUT2D eigenvalue weighted by molar-refractivity contribution is -0.118. The van der Waals surface area contributed by atoms with E-state index >= 15 is 0 Å². The van der Waals surface area contributed by atoms with Gasteiger partial charge >= 0.3 is 0 Å². The molecule has 0 radical (unpaired) electrons. The second kappa shape index (κ2) is 5.52. The van der Waals surface area contributed by atoms with Crippen molar-refractivity contribution in [3.8, 4) is 11.8 Å². The molecular weight excluding hydrogens is 261 g/mol. The summed E-state index contributed by atoms with van der Waals surface area (Å²) in [4.78, 5) is 10.5. The van der Waals surface area contributed by atoms with E-state index in [1.54, 1.807) is 12.1 Å². The smallest absolute Gasteiger partial charge is 0.217 e. The third-order valence-electron chi connectivity index (χ3n) is 1.60. The molecule has 0 saturated carbocycles. The Kier molecular flexibility index (Phi) is 4.32. The van der Waals surface area contributed by atoms with Crippen LogP contribution in [0.4, 0.5) is 4.39 Å². The van der Waals surface area contributed by atoms with Crippen LogP contribution in [0.25, 0.3) is 0 Å². The summed E-state index contributed by atoms with van der Waals surface area (Å²) in [5, 5.41) is 2.50. The molecule has 2 nitrogen and oxygen atoms in total. The number of hydrogen-bond donors (Lipinski definition) is 1. The second-order valence-corrected chi connectivity index (χ2v) is 3.66. The topological polar surface area (TPSA) is 29.1 Å². The van der Waals surface area contributed by atoms with Crippen molar-refractivity contribution in [3.05, 3.63) is 34.1 Å². The standard InChI is InChI=1S/C11H9BrFNO/c1-8(15)14-7-3-4-9-10(12)5-2-6-11(9)13/h2,5-6H,7H2,1H3,(H,14,15). The molecule has 0 saturated heterocycles. The third kappa shape index (κ3) is 3.72. The first-order valence-corrected chi connectivity index (χ1v) is 5.08. The predicted molar refractivity (Wildman–Crippen MR) is 59.7 cm³/mol. The number of halogens is 2. The van der Waals surface area contributed by atoms with Crippen LogP contribution in [0, 0.1) is 17.7 Å². The van der Waals surface area contributed by atoms with Gasteiger partial charge in [-0.1, -0.05) is 17.9 Å². The first-order chi connectivity index (χ1) is 7.11. The summed E-state index contributed by atoms with van der Waals surface area (Å²) in [6.07, 6.45) is 0. The van der Waals surface area contributed by atoms with Crippen LogP contribution in [0.3, 0.4) is 0 Å². The van der Waals surface area contributed by atoms with Gasteiger partial charge < -0.3 is 5.32 Å². The zero-order valence-electron chi connectivity index (χ0n) is 8.10. The molecule has 15 heavy (non-hydrogen) atoms. The molecule has 0 aliphatic carbocycles. The van der Waals surface area contributed by atoms with Gasteiger partial charge in [-0.2, -0.15) is 0 Å². The van der Waals surface area contributed by atoms with Crippen LogP contribution in [0.2, 0.25) is 0 Å². The average molecular weight is 270 g/mol. The maximum Gasteiger partial charge on any atom is 0.217 e. The molecule has 0 heterocycles. The number of carbonyl (C=O) groups excluding carboxylic acids is 1. The molecule has 0 unspecified atom stereocenters. The first kappa shape index (κ1) is 11.7. The lowest BCUT2D eigenvalue weighted by Gasteiger charge is -1.97. The molecule has 0 aromatic heterocycles. The molecule has 1 aromatic rings. The molecule has 1 aromatic carbocycles. The summed E-state index contributed by atoms with van der Waals surface area (Å²) < 4.78 is 13.8. The predicted octanol–water partition coefficient (Wildman–Crippen LogP) is 2.08. The molecule has 1 amide bonds. The van der Waals surface area contributed by atoms with Gasteiger partial charge in [-0.3, -0.25) is 4.79 Å². The minimum absolute atomic E-state index is 0.156. The quantitative estimate of drug-likeness (QED) is 0.778. The summed E-state index contributed by atoms with van der Waals surface area (Å²) in [6.45, 7) is 1.62. The van der Waals surface area contributed by atoms with Gasteiger partial charge in [0.25, 0.3) is 0 Å². The van der Waals surface area contributed by atoms with Crippen molar-refractivity contribution in [3.63, 3.8) is 0 Å². The molecule has 1 N–H and O–H groups in total. The van der Waals surface area contributed by atoms with Gasteiger partial charge in [-0.05, 0) is 28.1 Å². The Morgan fingerprint density at radius 1 is 1.60 bits per heavy atom. The summed E-state index contributed by atoms with van der Waals surface area (Å²) >= 11 is 3.20. The van der Waals surface area contributed by atoms with Crippen molar-refractivity contribution >= 4 is 21.8 Å². The van der Waals surface area contributed by atoms with Gasteiger partial charge in [-0.25, -0.2) is 4.39 Å². The molecule has 0 fully saturated rings. The third-order valence-corrected chi connectivity index (χ3v) is 2.26. The van der Waals surface area contributed by atoms with E-state index in [-0.39, 0.29) is 18.3 Å². The highest BCUT2D eigenvalue weighted by Gasteiger charge is 2.01. The van der Waals surface area contributed by atoms with Gasteiger partial charge in [0.05, 0.1) is 12.1 Å². The summed E-state index contributed by atoms with van der Waals surface area (Å²) in [5.74, 6) is 4.78. The van der Waals surface area contributed by atoms with E-state index in [0.29, 0.717) is 10.0 Å². The van der Waals surface area contributed by atoms with Crippen LogP contribution in [-0.4, -0.2) is 12.5 Å². The number of benzene rings is 1. The largest absolute Gasteiger partial charge is 0.345 e. The Labute approximate surface area is 96.0 Å².